The maximum absolute atomic E-state index is 13.2. The van der Waals surface area contributed by atoms with Crippen LogP contribution < -0.4 is 5.32 Å². The Morgan fingerprint density at radius 2 is 1.96 bits per heavy atom. The van der Waals surface area contributed by atoms with E-state index in [4.69, 9.17) is 0 Å². The van der Waals surface area contributed by atoms with E-state index in [1.165, 1.54) is 23.9 Å². The first-order valence-electron chi connectivity index (χ1n) is 8.29. The number of hydrogen-bond acceptors (Lipinski definition) is 4. The molecule has 1 N–H and O–H groups in total. The molecule has 2 aromatic rings. The van der Waals surface area contributed by atoms with Crippen molar-refractivity contribution in [3.63, 3.8) is 0 Å². The van der Waals surface area contributed by atoms with Crippen LogP contribution in [-0.2, 0) is 15.7 Å². The third-order valence-electron chi connectivity index (χ3n) is 4.43. The largest absolute Gasteiger partial charge is 0.416 e. The van der Waals surface area contributed by atoms with Crippen LogP contribution in [0.3, 0.4) is 0 Å². The van der Waals surface area contributed by atoms with Gasteiger partial charge in [0.2, 0.25) is 5.91 Å². The zero-order valence-corrected chi connectivity index (χ0v) is 15.8. The minimum absolute atomic E-state index is 0.0701. The van der Waals surface area contributed by atoms with Crippen LogP contribution in [0, 0.1) is 6.92 Å². The predicted molar refractivity (Wildman–Crippen MR) is 99.4 cm³/mol. The summed E-state index contributed by atoms with van der Waals surface area (Å²) in [6.07, 6.45) is -2.83. The van der Waals surface area contributed by atoms with Crippen molar-refractivity contribution in [1.82, 2.24) is 10.3 Å². The molecule has 1 aromatic heterocycles. The molecule has 8 heteroatoms. The van der Waals surface area contributed by atoms with Gasteiger partial charge in [-0.15, -0.1) is 0 Å². The number of aliphatic imine (C=N–C) groups is 1. The molecular formula is C19H18F3N3OS. The van der Waals surface area contributed by atoms with Gasteiger partial charge in [0.05, 0.1) is 11.6 Å². The van der Waals surface area contributed by atoms with Gasteiger partial charge >= 0.3 is 6.18 Å². The number of hydrogen-bond donors (Lipinski definition) is 1. The molecule has 1 aromatic carbocycles. The van der Waals surface area contributed by atoms with Gasteiger partial charge in [0, 0.05) is 11.9 Å². The van der Waals surface area contributed by atoms with Crippen molar-refractivity contribution in [2.45, 2.75) is 37.7 Å². The van der Waals surface area contributed by atoms with E-state index in [-0.39, 0.29) is 11.5 Å². The maximum Gasteiger partial charge on any atom is 0.416 e. The molecule has 0 saturated carbocycles. The number of pyridine rings is 1. The van der Waals surface area contributed by atoms with Crippen LogP contribution in [0.2, 0.25) is 0 Å². The van der Waals surface area contributed by atoms with Crippen molar-refractivity contribution < 1.29 is 18.0 Å². The van der Waals surface area contributed by atoms with E-state index in [1.54, 1.807) is 32.2 Å². The van der Waals surface area contributed by atoms with Gasteiger partial charge in [0.25, 0.3) is 0 Å². The summed E-state index contributed by atoms with van der Waals surface area (Å²) >= 11 is 1.20. The second kappa shape index (κ2) is 6.99. The Hall–Kier alpha value is -2.35. The van der Waals surface area contributed by atoms with E-state index >= 15 is 0 Å². The van der Waals surface area contributed by atoms with E-state index in [0.717, 1.165) is 17.3 Å². The van der Waals surface area contributed by atoms with Crippen LogP contribution in [0.5, 0.6) is 0 Å². The second-order valence-electron chi connectivity index (χ2n) is 6.47. The summed E-state index contributed by atoms with van der Waals surface area (Å²) in [5.74, 6) is -0.256. The molecule has 0 spiro atoms. The Bertz CT molecular complexity index is 913. The second-order valence-corrected chi connectivity index (χ2v) is 7.88. The number of benzene rings is 1. The van der Waals surface area contributed by atoms with E-state index in [0.29, 0.717) is 5.17 Å². The Morgan fingerprint density at radius 3 is 2.63 bits per heavy atom. The molecule has 1 fully saturated rings. The fourth-order valence-electron chi connectivity index (χ4n) is 2.94. The summed E-state index contributed by atoms with van der Waals surface area (Å²) in [5, 5.41) is 3.00. The fraction of sp³-hybridized carbons (Fsp3) is 0.316. The molecule has 1 aliphatic heterocycles. The van der Waals surface area contributed by atoms with Gasteiger partial charge in [-0.25, -0.2) is 0 Å². The Labute approximate surface area is 159 Å². The summed E-state index contributed by atoms with van der Waals surface area (Å²) in [6.45, 7) is 5.17. The van der Waals surface area contributed by atoms with Gasteiger partial charge in [-0.3, -0.25) is 14.8 Å². The summed E-state index contributed by atoms with van der Waals surface area (Å²) in [7, 11) is 0. The number of nitrogens with zero attached hydrogens (tertiary/aromatic N) is 2. The first-order valence-corrected chi connectivity index (χ1v) is 9.10. The summed E-state index contributed by atoms with van der Waals surface area (Å²) in [5.41, 5.74) is 0.899. The third-order valence-corrected chi connectivity index (χ3v) is 5.66. The highest BCUT2D eigenvalue weighted by molar-refractivity contribution is 8.15. The van der Waals surface area contributed by atoms with Crippen LogP contribution in [0.25, 0.3) is 0 Å². The topological polar surface area (TPSA) is 54.4 Å². The zero-order chi connectivity index (χ0) is 19.8. The van der Waals surface area contributed by atoms with Crippen molar-refractivity contribution in [1.29, 1.82) is 0 Å². The number of rotatable bonds is 3. The molecule has 3 rings (SSSR count). The average molecular weight is 393 g/mol. The van der Waals surface area contributed by atoms with Crippen LogP contribution in [0.1, 0.15) is 42.3 Å². The SMILES string of the molecule is Cc1cc(C2(C)SC(=N[C@@H](C)c3ccccc3C(F)(F)F)NC2=O)ccn1. The smallest absolute Gasteiger partial charge is 0.304 e. The molecule has 0 radical (unpaired) electrons. The highest BCUT2D eigenvalue weighted by Gasteiger charge is 2.44. The van der Waals surface area contributed by atoms with Crippen molar-refractivity contribution in [3.05, 3.63) is 65.0 Å². The molecule has 1 aliphatic rings. The first kappa shape index (κ1) is 19.4. The van der Waals surface area contributed by atoms with E-state index < -0.39 is 22.5 Å². The van der Waals surface area contributed by atoms with Gasteiger partial charge in [-0.05, 0) is 50.1 Å². The molecular weight excluding hydrogens is 375 g/mol. The number of alkyl halides is 3. The monoisotopic (exact) mass is 393 g/mol. The molecule has 4 nitrogen and oxygen atoms in total. The molecule has 1 amide bonds. The minimum atomic E-state index is -4.46. The number of thioether (sulfide) groups is 1. The lowest BCUT2D eigenvalue weighted by Crippen LogP contribution is -2.31. The van der Waals surface area contributed by atoms with Crippen molar-refractivity contribution in [2.75, 3.05) is 0 Å². The first-order chi connectivity index (χ1) is 12.6. The lowest BCUT2D eigenvalue weighted by molar-refractivity contribution is -0.138. The van der Waals surface area contributed by atoms with Gasteiger partial charge in [-0.2, -0.15) is 13.2 Å². The van der Waals surface area contributed by atoms with Crippen LogP contribution >= 0.6 is 11.8 Å². The van der Waals surface area contributed by atoms with Crippen molar-refractivity contribution >= 4 is 22.8 Å². The maximum atomic E-state index is 13.2. The minimum Gasteiger partial charge on any atom is -0.304 e. The number of carbonyl (C=O) groups excluding carboxylic acids is 1. The van der Waals surface area contributed by atoms with Crippen LogP contribution in [0.15, 0.2) is 47.6 Å². The van der Waals surface area contributed by atoms with Crippen molar-refractivity contribution in [2.24, 2.45) is 4.99 Å². The van der Waals surface area contributed by atoms with Crippen LogP contribution in [0.4, 0.5) is 13.2 Å². The van der Waals surface area contributed by atoms with E-state index in [9.17, 15) is 18.0 Å². The van der Waals surface area contributed by atoms with Gasteiger partial charge in [0.15, 0.2) is 5.17 Å². The normalized spacial score (nSPS) is 22.7. The number of aryl methyl sites for hydroxylation is 1. The van der Waals surface area contributed by atoms with E-state index in [1.807, 2.05) is 13.0 Å². The fourth-order valence-corrected chi connectivity index (χ4v) is 4.07. The number of nitrogens with one attached hydrogen (secondary N) is 1. The highest BCUT2D eigenvalue weighted by Crippen LogP contribution is 2.42. The summed E-state index contributed by atoms with van der Waals surface area (Å²) in [6, 6.07) is 8.16. The lowest BCUT2D eigenvalue weighted by Gasteiger charge is -2.19. The Balaban J connectivity index is 1.91. The molecule has 2 heterocycles. The number of amides is 1. The third kappa shape index (κ3) is 3.85. The lowest BCUT2D eigenvalue weighted by atomic mass is 10.00. The van der Waals surface area contributed by atoms with Gasteiger partial charge in [-0.1, -0.05) is 30.0 Å². The molecule has 27 heavy (non-hydrogen) atoms. The number of carbonyl (C=O) groups is 1. The number of halogens is 3. The van der Waals surface area contributed by atoms with Gasteiger partial charge in [0.1, 0.15) is 4.75 Å². The average Bonchev–Trinajstić information content (AvgIpc) is 2.89. The van der Waals surface area contributed by atoms with Gasteiger partial charge < -0.3 is 5.32 Å². The predicted octanol–water partition coefficient (Wildman–Crippen LogP) is 4.60. The zero-order valence-electron chi connectivity index (χ0n) is 15.0. The summed E-state index contributed by atoms with van der Waals surface area (Å²) < 4.78 is 38.8. The molecule has 0 aliphatic carbocycles. The summed E-state index contributed by atoms with van der Waals surface area (Å²) in [4.78, 5) is 21.0. The molecule has 2 atom stereocenters. The Morgan fingerprint density at radius 1 is 1.26 bits per heavy atom. The number of aromatic nitrogens is 1. The van der Waals surface area contributed by atoms with Crippen LogP contribution in [-0.4, -0.2) is 16.1 Å². The standard InChI is InChI=1S/C19H18F3N3OS/c1-11-10-13(8-9-23-11)18(3)16(26)25-17(27-18)24-12(2)14-6-4-5-7-15(14)19(20,21)22/h4-10,12H,1-3H3,(H,24,25,26)/t12-,18?/m0/s1. The molecule has 142 valence electrons. The quantitative estimate of drug-likeness (QED) is 0.829. The highest BCUT2D eigenvalue weighted by atomic mass is 32.2. The van der Waals surface area contributed by atoms with Crippen molar-refractivity contribution in [3.8, 4) is 0 Å². The number of amidine groups is 1. The van der Waals surface area contributed by atoms with E-state index in [2.05, 4.69) is 15.3 Å². The Kier molecular flexibility index (Phi) is 5.03. The molecule has 1 saturated heterocycles. The molecule has 1 unspecified atom stereocenters. The molecule has 0 bridgehead atoms.